The fraction of sp³-hybridized carbons (Fsp3) is 0.0811. The number of hydrogen-bond acceptors (Lipinski definition) is 1. The smallest absolute Gasteiger partial charge is 0.0775 e. The third-order valence-corrected chi connectivity index (χ3v) is 9.35. The molecule has 0 saturated heterocycles. The first kappa shape index (κ1) is 26.2. The molecule has 0 aromatic heterocycles. The molecule has 0 atom stereocenters. The molecule has 5 rings (SSSR count). The number of allylic oxidation sites excluding steroid dienone is 1. The SMILES string of the molecule is C=c1cccc/c1=C/C(=C\N)c1ccc(-c2ccc(-c3ccc(-c4ccc([Si](C)(C)C)cc4)cc3)cc2)cc1. The molecule has 2 N–H and O–H groups in total. The summed E-state index contributed by atoms with van der Waals surface area (Å²) < 4.78 is 0. The van der Waals surface area contributed by atoms with Gasteiger partial charge in [0.25, 0.3) is 0 Å². The zero-order valence-corrected chi connectivity index (χ0v) is 24.0. The average Bonchev–Trinajstić information content (AvgIpc) is 2.97. The molecule has 0 amide bonds. The summed E-state index contributed by atoms with van der Waals surface area (Å²) in [5.74, 6) is 0. The number of benzene rings is 5. The van der Waals surface area contributed by atoms with Crippen LogP contribution >= 0.6 is 0 Å². The standard InChI is InChI=1S/C37H35NSi/c1-27-7-5-6-8-35(27)25-36(26-38)34-19-17-31(18-20-34)30-11-9-28(10-12-30)29-13-15-32(16-14-29)33-21-23-37(24-22-33)39(2,3)4/h5-26H,1,38H2,2-4H3/b35-25-,36-26+. The van der Waals surface area contributed by atoms with E-state index in [0.717, 1.165) is 21.6 Å². The van der Waals surface area contributed by atoms with Gasteiger partial charge in [0.1, 0.15) is 0 Å². The molecule has 0 saturated carbocycles. The minimum Gasteiger partial charge on any atom is -0.404 e. The molecule has 0 heterocycles. The van der Waals surface area contributed by atoms with Crippen molar-refractivity contribution in [1.82, 2.24) is 0 Å². The average molecular weight is 522 g/mol. The van der Waals surface area contributed by atoms with Crippen molar-refractivity contribution >= 4 is 31.5 Å². The van der Waals surface area contributed by atoms with Gasteiger partial charge in [0, 0.05) is 6.20 Å². The van der Waals surface area contributed by atoms with Crippen LogP contribution in [0.3, 0.4) is 0 Å². The van der Waals surface area contributed by atoms with Gasteiger partial charge < -0.3 is 5.73 Å². The number of rotatable bonds is 6. The lowest BCUT2D eigenvalue weighted by atomic mass is 9.97. The van der Waals surface area contributed by atoms with Crippen LogP contribution in [0.4, 0.5) is 0 Å². The van der Waals surface area contributed by atoms with Crippen LogP contribution in [0.5, 0.6) is 0 Å². The molecule has 2 heteroatoms. The van der Waals surface area contributed by atoms with Crippen molar-refractivity contribution < 1.29 is 0 Å². The van der Waals surface area contributed by atoms with Gasteiger partial charge >= 0.3 is 0 Å². The highest BCUT2D eigenvalue weighted by Crippen LogP contribution is 2.28. The molecule has 0 spiro atoms. The van der Waals surface area contributed by atoms with Gasteiger partial charge in [-0.3, -0.25) is 0 Å². The summed E-state index contributed by atoms with van der Waals surface area (Å²) >= 11 is 0. The molecule has 0 unspecified atom stereocenters. The van der Waals surface area contributed by atoms with Crippen LogP contribution in [0.2, 0.25) is 19.6 Å². The van der Waals surface area contributed by atoms with E-state index in [4.69, 9.17) is 5.73 Å². The highest BCUT2D eigenvalue weighted by atomic mass is 28.3. The van der Waals surface area contributed by atoms with Gasteiger partial charge in [-0.15, -0.1) is 0 Å². The van der Waals surface area contributed by atoms with Crippen LogP contribution in [0.15, 0.2) is 128 Å². The van der Waals surface area contributed by atoms with E-state index in [1.165, 1.54) is 38.6 Å². The lowest BCUT2D eigenvalue weighted by molar-refractivity contribution is 1.51. The van der Waals surface area contributed by atoms with Gasteiger partial charge in [0.15, 0.2) is 0 Å². The first-order valence-corrected chi connectivity index (χ1v) is 16.9. The number of hydrogen-bond donors (Lipinski definition) is 1. The summed E-state index contributed by atoms with van der Waals surface area (Å²) in [6.07, 6.45) is 3.74. The van der Waals surface area contributed by atoms with Crippen LogP contribution in [-0.2, 0) is 0 Å². The summed E-state index contributed by atoms with van der Waals surface area (Å²) in [7, 11) is -1.28. The molecule has 5 aromatic rings. The largest absolute Gasteiger partial charge is 0.404 e. The van der Waals surface area contributed by atoms with E-state index >= 15 is 0 Å². The molecule has 0 aliphatic heterocycles. The molecule has 0 bridgehead atoms. The Morgan fingerprint density at radius 2 is 0.949 bits per heavy atom. The van der Waals surface area contributed by atoms with Crippen molar-refractivity contribution in [3.05, 3.63) is 144 Å². The Hall–Kier alpha value is -4.40. The first-order valence-electron chi connectivity index (χ1n) is 13.4. The summed E-state index contributed by atoms with van der Waals surface area (Å²) in [5.41, 5.74) is 15.3. The van der Waals surface area contributed by atoms with E-state index in [2.05, 4.69) is 135 Å². The molecular weight excluding hydrogens is 487 g/mol. The van der Waals surface area contributed by atoms with E-state index in [0.29, 0.717) is 0 Å². The Bertz CT molecular complexity index is 1700. The third-order valence-electron chi connectivity index (χ3n) is 7.28. The molecule has 0 aliphatic rings. The van der Waals surface area contributed by atoms with Gasteiger partial charge in [-0.25, -0.2) is 0 Å². The third kappa shape index (κ3) is 6.03. The van der Waals surface area contributed by atoms with Crippen LogP contribution in [-0.4, -0.2) is 8.07 Å². The number of nitrogens with two attached hydrogens (primary N) is 1. The molecule has 0 radical (unpaired) electrons. The molecular formula is C37H35NSi. The van der Waals surface area contributed by atoms with Gasteiger partial charge in [-0.2, -0.15) is 0 Å². The second-order valence-corrected chi connectivity index (χ2v) is 16.1. The minimum absolute atomic E-state index is 0.975. The van der Waals surface area contributed by atoms with Crippen molar-refractivity contribution in [2.75, 3.05) is 0 Å². The fourth-order valence-corrected chi connectivity index (χ4v) is 5.96. The second kappa shape index (κ2) is 11.1. The van der Waals surface area contributed by atoms with Crippen LogP contribution < -0.4 is 21.4 Å². The van der Waals surface area contributed by atoms with E-state index < -0.39 is 8.07 Å². The van der Waals surface area contributed by atoms with Crippen molar-refractivity contribution in [2.24, 2.45) is 5.73 Å². The molecule has 1 nitrogen and oxygen atoms in total. The van der Waals surface area contributed by atoms with E-state index in [-0.39, 0.29) is 0 Å². The maximum Gasteiger partial charge on any atom is 0.0775 e. The molecule has 192 valence electrons. The highest BCUT2D eigenvalue weighted by molar-refractivity contribution is 6.88. The minimum atomic E-state index is -1.28. The molecule has 39 heavy (non-hydrogen) atoms. The maximum atomic E-state index is 5.98. The topological polar surface area (TPSA) is 26.0 Å². The zero-order chi connectivity index (χ0) is 27.4. The van der Waals surface area contributed by atoms with E-state index in [9.17, 15) is 0 Å². The predicted octanol–water partition coefficient (Wildman–Crippen LogP) is 7.42. The van der Waals surface area contributed by atoms with Gasteiger partial charge in [0.05, 0.1) is 8.07 Å². The Labute approximate surface area is 233 Å². The second-order valence-electron chi connectivity index (χ2n) is 11.0. The Kier molecular flexibility index (Phi) is 7.49. The van der Waals surface area contributed by atoms with Crippen molar-refractivity contribution in [3.63, 3.8) is 0 Å². The summed E-state index contributed by atoms with van der Waals surface area (Å²) in [6.45, 7) is 11.3. The van der Waals surface area contributed by atoms with Crippen molar-refractivity contribution in [2.45, 2.75) is 19.6 Å². The normalized spacial score (nSPS) is 12.5. The van der Waals surface area contributed by atoms with Crippen molar-refractivity contribution in [3.8, 4) is 33.4 Å². The van der Waals surface area contributed by atoms with E-state index in [1.54, 1.807) is 6.20 Å². The molecule has 0 aliphatic carbocycles. The van der Waals surface area contributed by atoms with Crippen LogP contribution in [0, 0.1) is 0 Å². The van der Waals surface area contributed by atoms with Gasteiger partial charge in [0.2, 0.25) is 0 Å². The Morgan fingerprint density at radius 3 is 1.33 bits per heavy atom. The quantitative estimate of drug-likeness (QED) is 0.231. The van der Waals surface area contributed by atoms with Crippen LogP contribution in [0.1, 0.15) is 5.56 Å². The molecule has 0 fully saturated rings. The van der Waals surface area contributed by atoms with Gasteiger partial charge in [-0.05, 0) is 61.0 Å². The highest BCUT2D eigenvalue weighted by Gasteiger charge is 2.15. The van der Waals surface area contributed by atoms with Gasteiger partial charge in [-0.1, -0.05) is 153 Å². The fourth-order valence-electron chi connectivity index (χ4n) is 4.80. The summed E-state index contributed by atoms with van der Waals surface area (Å²) in [4.78, 5) is 0. The van der Waals surface area contributed by atoms with E-state index in [1.807, 2.05) is 18.2 Å². The zero-order valence-electron chi connectivity index (χ0n) is 23.0. The monoisotopic (exact) mass is 521 g/mol. The summed E-state index contributed by atoms with van der Waals surface area (Å²) in [5, 5.41) is 3.55. The van der Waals surface area contributed by atoms with Crippen LogP contribution in [0.25, 0.3) is 51.6 Å². The Balaban J connectivity index is 1.31. The molecule has 5 aromatic carbocycles. The lowest BCUT2D eigenvalue weighted by Gasteiger charge is -2.16. The van der Waals surface area contributed by atoms with Crippen molar-refractivity contribution in [1.29, 1.82) is 0 Å². The Morgan fingerprint density at radius 1 is 0.564 bits per heavy atom. The maximum absolute atomic E-state index is 5.98. The summed E-state index contributed by atoms with van der Waals surface area (Å²) in [6, 6.07) is 43.4. The first-order chi connectivity index (χ1) is 18.8. The lowest BCUT2D eigenvalue weighted by Crippen LogP contribution is -2.37. The predicted molar refractivity (Wildman–Crippen MR) is 174 cm³/mol.